The Balaban J connectivity index is 1.69. The van der Waals surface area contributed by atoms with Crippen LogP contribution in [0.15, 0.2) is 18.3 Å². The summed E-state index contributed by atoms with van der Waals surface area (Å²) in [7, 11) is 0. The van der Waals surface area contributed by atoms with Crippen LogP contribution in [0.3, 0.4) is 0 Å². The van der Waals surface area contributed by atoms with Gasteiger partial charge in [0.05, 0.1) is 13.2 Å². The molecule has 3 rings (SSSR count). The standard InChI is InChI=1S/C16H25N3O/c1-2-7-18-8-3-4-15(18)14-5-6-16(17-13-14)19-9-11-20-12-10-19/h5-6,13,15H,2-4,7-12H2,1H3. The highest BCUT2D eigenvalue weighted by Gasteiger charge is 2.25. The van der Waals surface area contributed by atoms with E-state index in [0.29, 0.717) is 6.04 Å². The highest BCUT2D eigenvalue weighted by Crippen LogP contribution is 2.32. The highest BCUT2D eigenvalue weighted by molar-refractivity contribution is 5.40. The van der Waals surface area contributed by atoms with E-state index < -0.39 is 0 Å². The zero-order valence-corrected chi connectivity index (χ0v) is 12.4. The number of anilines is 1. The van der Waals surface area contributed by atoms with Crippen molar-refractivity contribution in [1.29, 1.82) is 0 Å². The Bertz CT molecular complexity index is 414. The van der Waals surface area contributed by atoms with Gasteiger partial charge in [-0.15, -0.1) is 0 Å². The zero-order chi connectivity index (χ0) is 13.8. The van der Waals surface area contributed by atoms with Gasteiger partial charge in [0.15, 0.2) is 0 Å². The van der Waals surface area contributed by atoms with Gasteiger partial charge >= 0.3 is 0 Å². The smallest absolute Gasteiger partial charge is 0.128 e. The topological polar surface area (TPSA) is 28.6 Å². The van der Waals surface area contributed by atoms with Crippen molar-refractivity contribution in [2.24, 2.45) is 0 Å². The van der Waals surface area contributed by atoms with Crippen molar-refractivity contribution < 1.29 is 4.74 Å². The maximum absolute atomic E-state index is 5.39. The van der Waals surface area contributed by atoms with E-state index in [9.17, 15) is 0 Å². The summed E-state index contributed by atoms with van der Waals surface area (Å²) in [5.41, 5.74) is 1.38. The quantitative estimate of drug-likeness (QED) is 0.844. The monoisotopic (exact) mass is 275 g/mol. The Morgan fingerprint density at radius 2 is 2.10 bits per heavy atom. The summed E-state index contributed by atoms with van der Waals surface area (Å²) in [4.78, 5) is 9.60. The molecule has 2 aliphatic rings. The first kappa shape index (κ1) is 13.8. The number of rotatable bonds is 4. The lowest BCUT2D eigenvalue weighted by molar-refractivity contribution is 0.122. The molecule has 0 aromatic carbocycles. The van der Waals surface area contributed by atoms with E-state index in [-0.39, 0.29) is 0 Å². The lowest BCUT2D eigenvalue weighted by Gasteiger charge is -2.28. The number of hydrogen-bond acceptors (Lipinski definition) is 4. The van der Waals surface area contributed by atoms with E-state index in [1.807, 2.05) is 0 Å². The second kappa shape index (κ2) is 6.55. The zero-order valence-electron chi connectivity index (χ0n) is 12.4. The van der Waals surface area contributed by atoms with Gasteiger partial charge < -0.3 is 9.64 Å². The number of ether oxygens (including phenoxy) is 1. The lowest BCUT2D eigenvalue weighted by Crippen LogP contribution is -2.36. The second-order valence-electron chi connectivity index (χ2n) is 5.74. The average molecular weight is 275 g/mol. The largest absolute Gasteiger partial charge is 0.378 e. The van der Waals surface area contributed by atoms with Gasteiger partial charge in [0.1, 0.15) is 5.82 Å². The van der Waals surface area contributed by atoms with E-state index in [4.69, 9.17) is 4.74 Å². The molecule has 0 aliphatic carbocycles. The highest BCUT2D eigenvalue weighted by atomic mass is 16.5. The molecule has 0 bridgehead atoms. The number of morpholine rings is 1. The molecule has 2 aliphatic heterocycles. The molecular weight excluding hydrogens is 250 g/mol. The van der Waals surface area contributed by atoms with Gasteiger partial charge in [-0.1, -0.05) is 13.0 Å². The Labute approximate surface area is 121 Å². The van der Waals surface area contributed by atoms with Gasteiger partial charge in [-0.25, -0.2) is 4.98 Å². The van der Waals surface area contributed by atoms with Crippen molar-refractivity contribution >= 4 is 5.82 Å². The van der Waals surface area contributed by atoms with Crippen LogP contribution in [0.4, 0.5) is 5.82 Å². The summed E-state index contributed by atoms with van der Waals surface area (Å²) in [6, 6.07) is 5.04. The van der Waals surface area contributed by atoms with E-state index in [0.717, 1.165) is 32.1 Å². The van der Waals surface area contributed by atoms with Gasteiger partial charge in [0, 0.05) is 25.3 Å². The number of nitrogens with zero attached hydrogens (tertiary/aromatic N) is 3. The van der Waals surface area contributed by atoms with Crippen LogP contribution in [0.25, 0.3) is 0 Å². The maximum Gasteiger partial charge on any atom is 0.128 e. The van der Waals surface area contributed by atoms with Gasteiger partial charge in [-0.3, -0.25) is 4.90 Å². The number of hydrogen-bond donors (Lipinski definition) is 0. The van der Waals surface area contributed by atoms with Crippen molar-refractivity contribution in [1.82, 2.24) is 9.88 Å². The van der Waals surface area contributed by atoms with Crippen LogP contribution in [0.2, 0.25) is 0 Å². The van der Waals surface area contributed by atoms with Crippen LogP contribution in [-0.4, -0.2) is 49.3 Å². The summed E-state index contributed by atoms with van der Waals surface area (Å²) in [5.74, 6) is 1.09. The van der Waals surface area contributed by atoms with Gasteiger partial charge in [-0.2, -0.15) is 0 Å². The van der Waals surface area contributed by atoms with Crippen LogP contribution in [0.5, 0.6) is 0 Å². The molecule has 2 fully saturated rings. The Hall–Kier alpha value is -1.13. The summed E-state index contributed by atoms with van der Waals surface area (Å²) < 4.78 is 5.39. The van der Waals surface area contributed by atoms with Crippen molar-refractivity contribution in [3.8, 4) is 0 Å². The minimum Gasteiger partial charge on any atom is -0.378 e. The minimum absolute atomic E-state index is 0.584. The molecule has 4 heteroatoms. The van der Waals surface area contributed by atoms with Crippen LogP contribution in [0, 0.1) is 0 Å². The molecule has 0 amide bonds. The molecule has 0 N–H and O–H groups in total. The molecule has 1 unspecified atom stereocenters. The SMILES string of the molecule is CCCN1CCCC1c1ccc(N2CCOCC2)nc1. The molecule has 0 spiro atoms. The predicted octanol–water partition coefficient (Wildman–Crippen LogP) is 2.47. The fourth-order valence-corrected chi connectivity index (χ4v) is 3.33. The second-order valence-corrected chi connectivity index (χ2v) is 5.74. The summed E-state index contributed by atoms with van der Waals surface area (Å²) in [6.07, 6.45) is 5.91. The van der Waals surface area contributed by atoms with Gasteiger partial charge in [0.2, 0.25) is 0 Å². The molecule has 0 saturated carbocycles. The minimum atomic E-state index is 0.584. The van der Waals surface area contributed by atoms with E-state index >= 15 is 0 Å². The van der Waals surface area contributed by atoms with Crippen LogP contribution in [0.1, 0.15) is 37.8 Å². The first-order valence-corrected chi connectivity index (χ1v) is 7.91. The average Bonchev–Trinajstić information content (AvgIpc) is 2.97. The molecule has 1 aromatic heterocycles. The first-order chi connectivity index (χ1) is 9.88. The van der Waals surface area contributed by atoms with E-state index in [1.165, 1.54) is 37.9 Å². The third kappa shape index (κ3) is 2.96. The first-order valence-electron chi connectivity index (χ1n) is 7.91. The van der Waals surface area contributed by atoms with Gasteiger partial charge in [0.25, 0.3) is 0 Å². The Morgan fingerprint density at radius 3 is 2.80 bits per heavy atom. The van der Waals surface area contributed by atoms with Crippen molar-refractivity contribution in [2.45, 2.75) is 32.2 Å². The molecule has 1 atom stereocenters. The lowest BCUT2D eigenvalue weighted by atomic mass is 10.1. The molecule has 4 nitrogen and oxygen atoms in total. The number of aromatic nitrogens is 1. The van der Waals surface area contributed by atoms with Gasteiger partial charge in [-0.05, 0) is 44.0 Å². The summed E-state index contributed by atoms with van der Waals surface area (Å²) in [5, 5.41) is 0. The molecule has 2 saturated heterocycles. The number of pyridine rings is 1. The predicted molar refractivity (Wildman–Crippen MR) is 81.1 cm³/mol. The third-order valence-corrected chi connectivity index (χ3v) is 4.37. The van der Waals surface area contributed by atoms with Crippen LogP contribution >= 0.6 is 0 Å². The normalized spacial score (nSPS) is 24.2. The van der Waals surface area contributed by atoms with E-state index in [1.54, 1.807) is 0 Å². The molecule has 110 valence electrons. The number of likely N-dealkylation sites (tertiary alicyclic amines) is 1. The fraction of sp³-hybridized carbons (Fsp3) is 0.688. The molecular formula is C16H25N3O. The Kier molecular flexibility index (Phi) is 4.53. The molecule has 3 heterocycles. The molecule has 20 heavy (non-hydrogen) atoms. The fourth-order valence-electron chi connectivity index (χ4n) is 3.33. The van der Waals surface area contributed by atoms with Crippen molar-refractivity contribution in [2.75, 3.05) is 44.3 Å². The molecule has 1 aromatic rings. The van der Waals surface area contributed by atoms with Crippen LogP contribution in [-0.2, 0) is 4.74 Å². The third-order valence-electron chi connectivity index (χ3n) is 4.37. The Morgan fingerprint density at radius 1 is 1.25 bits per heavy atom. The maximum atomic E-state index is 5.39. The molecule has 0 radical (unpaired) electrons. The van der Waals surface area contributed by atoms with E-state index in [2.05, 4.69) is 40.0 Å². The van der Waals surface area contributed by atoms with Crippen molar-refractivity contribution in [3.05, 3.63) is 23.9 Å². The van der Waals surface area contributed by atoms with Crippen LogP contribution < -0.4 is 4.90 Å². The summed E-state index contributed by atoms with van der Waals surface area (Å²) >= 11 is 0. The van der Waals surface area contributed by atoms with Crippen molar-refractivity contribution in [3.63, 3.8) is 0 Å². The summed E-state index contributed by atoms with van der Waals surface area (Å²) in [6.45, 7) is 8.25.